The predicted octanol–water partition coefficient (Wildman–Crippen LogP) is 3.18. The number of aryl methyl sites for hydroxylation is 1. The Balaban J connectivity index is 2.76. The summed E-state index contributed by atoms with van der Waals surface area (Å²) in [6.45, 7) is 5.51. The van der Waals surface area contributed by atoms with Gasteiger partial charge < -0.3 is 19.9 Å². The Hall–Kier alpha value is -0.850. The highest BCUT2D eigenvalue weighted by molar-refractivity contribution is 9.10. The Morgan fingerprint density at radius 3 is 2.59 bits per heavy atom. The Labute approximate surface area is 141 Å². The molecule has 2 N–H and O–H groups in total. The smallest absolute Gasteiger partial charge is 0.257 e. The van der Waals surface area contributed by atoms with E-state index < -0.39 is 0 Å². The molecule has 0 aromatic carbocycles. The molecule has 1 heterocycles. The lowest BCUT2D eigenvalue weighted by Crippen LogP contribution is -2.26. The molecule has 0 radical (unpaired) electrons. The van der Waals surface area contributed by atoms with Gasteiger partial charge in [-0.25, -0.2) is 4.98 Å². The van der Waals surface area contributed by atoms with Crippen molar-refractivity contribution in [3.8, 4) is 11.6 Å². The van der Waals surface area contributed by atoms with Gasteiger partial charge in [-0.2, -0.15) is 0 Å². The summed E-state index contributed by atoms with van der Waals surface area (Å²) in [4.78, 5) is 4.41. The van der Waals surface area contributed by atoms with Gasteiger partial charge in [-0.1, -0.05) is 13.8 Å². The van der Waals surface area contributed by atoms with E-state index in [4.69, 9.17) is 19.9 Å². The summed E-state index contributed by atoms with van der Waals surface area (Å²) in [6.07, 6.45) is 2.59. The number of halogens is 1. The number of rotatable bonds is 10. The molecule has 1 unspecified atom stereocenters. The zero-order valence-corrected chi connectivity index (χ0v) is 15.5. The molecule has 1 aromatic rings. The van der Waals surface area contributed by atoms with Crippen molar-refractivity contribution >= 4 is 15.9 Å². The van der Waals surface area contributed by atoms with Crippen LogP contribution in [-0.4, -0.2) is 38.5 Å². The molecular formula is C16H27BrN2O3. The number of aromatic nitrogens is 1. The first-order chi connectivity index (χ1) is 10.5. The molecule has 0 saturated heterocycles. The highest BCUT2D eigenvalue weighted by Crippen LogP contribution is 2.31. The first-order valence-electron chi connectivity index (χ1n) is 7.60. The fourth-order valence-corrected chi connectivity index (χ4v) is 2.44. The quantitative estimate of drug-likeness (QED) is 0.503. The maximum absolute atomic E-state index is 6.12. The van der Waals surface area contributed by atoms with Gasteiger partial charge in [-0.3, -0.25) is 0 Å². The SMILES string of the molecule is COCCCOc1cc(CCC(N)C(C)C)c(Br)nc1OC. The fourth-order valence-electron chi connectivity index (χ4n) is 1.96. The Morgan fingerprint density at radius 1 is 1.27 bits per heavy atom. The summed E-state index contributed by atoms with van der Waals surface area (Å²) in [5.74, 6) is 1.62. The van der Waals surface area contributed by atoms with Crippen LogP contribution in [-0.2, 0) is 11.2 Å². The van der Waals surface area contributed by atoms with E-state index in [0.29, 0.717) is 30.8 Å². The van der Waals surface area contributed by atoms with Crippen LogP contribution in [0, 0.1) is 5.92 Å². The van der Waals surface area contributed by atoms with Crippen LogP contribution in [0.1, 0.15) is 32.3 Å². The van der Waals surface area contributed by atoms with E-state index in [9.17, 15) is 0 Å². The van der Waals surface area contributed by atoms with Gasteiger partial charge >= 0.3 is 0 Å². The minimum atomic E-state index is 0.181. The largest absolute Gasteiger partial charge is 0.488 e. The van der Waals surface area contributed by atoms with Crippen LogP contribution >= 0.6 is 15.9 Å². The van der Waals surface area contributed by atoms with Crippen LogP contribution in [0.3, 0.4) is 0 Å². The molecule has 0 spiro atoms. The number of nitrogens with two attached hydrogens (primary N) is 1. The average molecular weight is 375 g/mol. The first kappa shape index (κ1) is 19.2. The normalized spacial score (nSPS) is 12.5. The van der Waals surface area contributed by atoms with Gasteiger partial charge in [0.05, 0.1) is 13.7 Å². The Morgan fingerprint density at radius 2 is 2.00 bits per heavy atom. The van der Waals surface area contributed by atoms with Crippen molar-refractivity contribution in [2.45, 2.75) is 39.2 Å². The second-order valence-electron chi connectivity index (χ2n) is 5.59. The van der Waals surface area contributed by atoms with Gasteiger partial charge in [-0.05, 0) is 46.3 Å². The van der Waals surface area contributed by atoms with E-state index in [2.05, 4.69) is 34.8 Å². The molecule has 0 aliphatic carbocycles. The number of hydrogen-bond donors (Lipinski definition) is 1. The molecule has 5 nitrogen and oxygen atoms in total. The van der Waals surface area contributed by atoms with Crippen molar-refractivity contribution in [1.82, 2.24) is 4.98 Å². The zero-order valence-electron chi connectivity index (χ0n) is 13.9. The number of ether oxygens (including phenoxy) is 3. The number of hydrogen-bond acceptors (Lipinski definition) is 5. The molecule has 0 saturated carbocycles. The van der Waals surface area contributed by atoms with Crippen molar-refractivity contribution < 1.29 is 14.2 Å². The third kappa shape index (κ3) is 6.10. The van der Waals surface area contributed by atoms with Crippen LogP contribution in [0.25, 0.3) is 0 Å². The van der Waals surface area contributed by atoms with E-state index in [1.165, 1.54) is 0 Å². The first-order valence-corrected chi connectivity index (χ1v) is 8.39. The lowest BCUT2D eigenvalue weighted by atomic mass is 9.98. The van der Waals surface area contributed by atoms with E-state index in [1.807, 2.05) is 6.07 Å². The van der Waals surface area contributed by atoms with Crippen molar-refractivity contribution in [3.05, 3.63) is 16.2 Å². The van der Waals surface area contributed by atoms with Crippen LogP contribution in [0.2, 0.25) is 0 Å². The molecule has 1 aromatic heterocycles. The van der Waals surface area contributed by atoms with Gasteiger partial charge in [-0.15, -0.1) is 0 Å². The van der Waals surface area contributed by atoms with E-state index >= 15 is 0 Å². The van der Waals surface area contributed by atoms with Crippen molar-refractivity contribution in [2.24, 2.45) is 11.7 Å². The summed E-state index contributed by atoms with van der Waals surface area (Å²) >= 11 is 3.49. The summed E-state index contributed by atoms with van der Waals surface area (Å²) in [7, 11) is 3.27. The second kappa shape index (κ2) is 10.0. The summed E-state index contributed by atoms with van der Waals surface area (Å²) in [6, 6.07) is 2.16. The summed E-state index contributed by atoms with van der Waals surface area (Å²) in [5.41, 5.74) is 7.20. The molecule has 1 atom stereocenters. The summed E-state index contributed by atoms with van der Waals surface area (Å²) < 4.78 is 16.8. The van der Waals surface area contributed by atoms with Crippen LogP contribution in [0.15, 0.2) is 10.7 Å². The van der Waals surface area contributed by atoms with E-state index in [-0.39, 0.29) is 6.04 Å². The molecule has 0 aliphatic rings. The number of methoxy groups -OCH3 is 2. The third-order valence-corrected chi connectivity index (χ3v) is 4.21. The lowest BCUT2D eigenvalue weighted by molar-refractivity contribution is 0.170. The fraction of sp³-hybridized carbons (Fsp3) is 0.688. The average Bonchev–Trinajstić information content (AvgIpc) is 2.50. The highest BCUT2D eigenvalue weighted by atomic mass is 79.9. The van der Waals surface area contributed by atoms with E-state index in [1.54, 1.807) is 14.2 Å². The van der Waals surface area contributed by atoms with Crippen LogP contribution in [0.4, 0.5) is 0 Å². The highest BCUT2D eigenvalue weighted by Gasteiger charge is 2.14. The van der Waals surface area contributed by atoms with Crippen LogP contribution < -0.4 is 15.2 Å². The number of pyridine rings is 1. The third-order valence-electron chi connectivity index (χ3n) is 3.53. The Bertz CT molecular complexity index is 455. The molecule has 1 rings (SSSR count). The minimum Gasteiger partial charge on any atom is -0.488 e. The van der Waals surface area contributed by atoms with E-state index in [0.717, 1.165) is 29.4 Å². The summed E-state index contributed by atoms with van der Waals surface area (Å²) in [5, 5.41) is 0. The van der Waals surface area contributed by atoms with Gasteiger partial charge in [0, 0.05) is 26.2 Å². The Kier molecular flexibility index (Phi) is 8.75. The molecule has 0 fully saturated rings. The molecule has 0 amide bonds. The van der Waals surface area contributed by atoms with Crippen molar-refractivity contribution in [2.75, 3.05) is 27.4 Å². The number of nitrogens with zero attached hydrogens (tertiary/aromatic N) is 1. The predicted molar refractivity (Wildman–Crippen MR) is 91.6 cm³/mol. The molecule has 0 aliphatic heterocycles. The standard InChI is InChI=1S/C16H27BrN2O3/c1-11(2)13(18)7-6-12-10-14(22-9-5-8-20-3)16(21-4)19-15(12)17/h10-11,13H,5-9,18H2,1-4H3. The molecule has 126 valence electrons. The second-order valence-corrected chi connectivity index (χ2v) is 6.34. The van der Waals surface area contributed by atoms with Crippen LogP contribution in [0.5, 0.6) is 11.6 Å². The van der Waals surface area contributed by atoms with Crippen molar-refractivity contribution in [1.29, 1.82) is 0 Å². The molecule has 0 bridgehead atoms. The maximum atomic E-state index is 6.12. The molecule has 22 heavy (non-hydrogen) atoms. The van der Waals surface area contributed by atoms with Gasteiger partial charge in [0.25, 0.3) is 5.88 Å². The zero-order chi connectivity index (χ0) is 16.5. The lowest BCUT2D eigenvalue weighted by Gasteiger charge is -2.17. The van der Waals surface area contributed by atoms with Gasteiger partial charge in [0.2, 0.25) is 0 Å². The minimum absolute atomic E-state index is 0.181. The topological polar surface area (TPSA) is 66.6 Å². The maximum Gasteiger partial charge on any atom is 0.257 e. The molecule has 6 heteroatoms. The van der Waals surface area contributed by atoms with Gasteiger partial charge in [0.1, 0.15) is 4.60 Å². The van der Waals surface area contributed by atoms with Crippen molar-refractivity contribution in [3.63, 3.8) is 0 Å². The van der Waals surface area contributed by atoms with Gasteiger partial charge in [0.15, 0.2) is 5.75 Å². The monoisotopic (exact) mass is 374 g/mol. The molecular weight excluding hydrogens is 348 g/mol.